The number of hydrogen-bond acceptors (Lipinski definition) is 5. The van der Waals surface area contributed by atoms with Gasteiger partial charge in [0, 0.05) is 24.3 Å². The van der Waals surface area contributed by atoms with E-state index in [0.29, 0.717) is 59.0 Å². The maximum absolute atomic E-state index is 10.9. The summed E-state index contributed by atoms with van der Waals surface area (Å²) in [5.41, 5.74) is 8.00. The minimum atomic E-state index is 0.212. The third-order valence-electron chi connectivity index (χ3n) is 2.06. The van der Waals surface area contributed by atoms with Gasteiger partial charge < -0.3 is 14.2 Å². The Morgan fingerprint density at radius 2 is 1.61 bits per heavy atom. The van der Waals surface area contributed by atoms with E-state index in [2.05, 4.69) is 10.0 Å². The highest BCUT2D eigenvalue weighted by atomic mass is 16.5. The number of nitrogens with zero attached hydrogens (tertiary/aromatic N) is 3. The predicted octanol–water partition coefficient (Wildman–Crippen LogP) is 1.72. The van der Waals surface area contributed by atoms with E-state index in [1.54, 1.807) is 0 Å². The molecule has 0 aliphatic rings. The van der Waals surface area contributed by atoms with E-state index in [9.17, 15) is 4.79 Å². The highest BCUT2D eigenvalue weighted by molar-refractivity contribution is 5.78. The summed E-state index contributed by atoms with van der Waals surface area (Å²) in [6, 6.07) is 0. The Kier molecular flexibility index (Phi) is 13.0. The van der Waals surface area contributed by atoms with Crippen LogP contribution < -0.4 is 0 Å². The van der Waals surface area contributed by atoms with Crippen molar-refractivity contribution in [1.82, 2.24) is 0 Å². The lowest BCUT2D eigenvalue weighted by Crippen LogP contribution is -2.11. The minimum Gasteiger partial charge on any atom is -0.379 e. The van der Waals surface area contributed by atoms with Crippen molar-refractivity contribution in [3.63, 3.8) is 0 Å². The molecule has 0 aromatic heterocycles. The fourth-order valence-electron chi connectivity index (χ4n) is 1.05. The van der Waals surface area contributed by atoms with Gasteiger partial charge in [0.15, 0.2) is 0 Å². The number of ketones is 1. The monoisotopic (exact) mass is 259 g/mol. The van der Waals surface area contributed by atoms with Crippen LogP contribution in [-0.2, 0) is 19.0 Å². The number of Topliss-reactive ketones (excluding diaryl/α,β-unsaturated/α-hetero) is 1. The van der Waals surface area contributed by atoms with Gasteiger partial charge in [-0.2, -0.15) is 0 Å². The number of ether oxygens (including phenoxy) is 3. The molecule has 0 unspecified atom stereocenters. The largest absolute Gasteiger partial charge is 0.379 e. The van der Waals surface area contributed by atoms with Gasteiger partial charge >= 0.3 is 0 Å². The van der Waals surface area contributed by atoms with Crippen LogP contribution in [0.2, 0.25) is 0 Å². The van der Waals surface area contributed by atoms with Crippen molar-refractivity contribution in [2.45, 2.75) is 19.8 Å². The molecule has 7 nitrogen and oxygen atoms in total. The van der Waals surface area contributed by atoms with E-state index in [0.717, 1.165) is 0 Å². The summed E-state index contributed by atoms with van der Waals surface area (Å²) in [5.74, 6) is 0.212. The van der Waals surface area contributed by atoms with Crippen LogP contribution in [0.25, 0.3) is 10.4 Å². The summed E-state index contributed by atoms with van der Waals surface area (Å²) in [4.78, 5) is 13.5. The molecule has 0 aromatic rings. The van der Waals surface area contributed by atoms with E-state index in [1.165, 1.54) is 0 Å². The molecule has 0 aromatic carbocycles. The smallest absolute Gasteiger partial charge is 0.134 e. The highest BCUT2D eigenvalue weighted by Gasteiger charge is 1.97. The Morgan fingerprint density at radius 1 is 1.06 bits per heavy atom. The molecule has 0 atom stereocenters. The number of rotatable bonds is 13. The number of carbonyl (C=O) groups is 1. The molecular weight excluding hydrogens is 238 g/mol. The molecule has 104 valence electrons. The summed E-state index contributed by atoms with van der Waals surface area (Å²) in [6.07, 6.45) is 1.03. The van der Waals surface area contributed by atoms with Crippen LogP contribution in [-0.4, -0.2) is 52.0 Å². The Labute approximate surface area is 107 Å². The van der Waals surface area contributed by atoms with Gasteiger partial charge in [0.05, 0.1) is 39.6 Å². The summed E-state index contributed by atoms with van der Waals surface area (Å²) in [6.45, 7) is 4.96. The molecule has 0 N–H and O–H groups in total. The zero-order chi connectivity index (χ0) is 13.5. The third-order valence-corrected chi connectivity index (χ3v) is 2.06. The van der Waals surface area contributed by atoms with Crippen LogP contribution >= 0.6 is 0 Å². The first-order valence-corrected chi connectivity index (χ1v) is 6.07. The molecule has 0 saturated carbocycles. The minimum absolute atomic E-state index is 0.212. The SMILES string of the molecule is CCC(=O)CCOCCOCCOCCN=[N+]=[N-]. The highest BCUT2D eigenvalue weighted by Crippen LogP contribution is 1.90. The second-order valence-corrected chi connectivity index (χ2v) is 3.43. The van der Waals surface area contributed by atoms with Gasteiger partial charge in [0.25, 0.3) is 0 Å². The first-order chi connectivity index (χ1) is 8.81. The van der Waals surface area contributed by atoms with Gasteiger partial charge in [0.1, 0.15) is 5.78 Å². The average molecular weight is 259 g/mol. The van der Waals surface area contributed by atoms with Crippen molar-refractivity contribution < 1.29 is 19.0 Å². The molecule has 0 bridgehead atoms. The first-order valence-electron chi connectivity index (χ1n) is 6.07. The van der Waals surface area contributed by atoms with Crippen LogP contribution in [0.4, 0.5) is 0 Å². The second kappa shape index (κ2) is 13.9. The number of carbonyl (C=O) groups excluding carboxylic acids is 1. The zero-order valence-corrected chi connectivity index (χ0v) is 10.8. The van der Waals surface area contributed by atoms with Crippen molar-refractivity contribution in [1.29, 1.82) is 0 Å². The summed E-state index contributed by atoms with van der Waals surface area (Å²) in [7, 11) is 0. The molecule has 0 rings (SSSR count). The Balaban J connectivity index is 3.03. The van der Waals surface area contributed by atoms with Crippen molar-refractivity contribution in [2.75, 3.05) is 46.2 Å². The summed E-state index contributed by atoms with van der Waals surface area (Å²) < 4.78 is 15.6. The molecule has 0 radical (unpaired) electrons. The molecule has 0 aliphatic heterocycles. The maximum Gasteiger partial charge on any atom is 0.134 e. The second-order valence-electron chi connectivity index (χ2n) is 3.43. The van der Waals surface area contributed by atoms with Gasteiger partial charge in [-0.15, -0.1) is 0 Å². The molecule has 0 spiro atoms. The fourth-order valence-corrected chi connectivity index (χ4v) is 1.05. The van der Waals surface area contributed by atoms with Gasteiger partial charge in [-0.1, -0.05) is 12.0 Å². The lowest BCUT2D eigenvalue weighted by molar-refractivity contribution is -0.119. The standard InChI is InChI=1S/C11H21N3O4/c1-2-11(15)3-5-16-7-9-18-10-8-17-6-4-13-14-12/h2-10H2,1H3. The number of azide groups is 1. The summed E-state index contributed by atoms with van der Waals surface area (Å²) in [5, 5.41) is 3.33. The van der Waals surface area contributed by atoms with Crippen molar-refractivity contribution >= 4 is 5.78 Å². The molecule has 7 heteroatoms. The Morgan fingerprint density at radius 3 is 2.17 bits per heavy atom. The molecule has 0 heterocycles. The molecule has 0 saturated heterocycles. The zero-order valence-electron chi connectivity index (χ0n) is 10.8. The van der Waals surface area contributed by atoms with E-state index in [1.807, 2.05) is 6.92 Å². The predicted molar refractivity (Wildman–Crippen MR) is 66.4 cm³/mol. The summed E-state index contributed by atoms with van der Waals surface area (Å²) >= 11 is 0. The molecule has 0 amide bonds. The Hall–Kier alpha value is -1.14. The van der Waals surface area contributed by atoms with Crippen LogP contribution in [0, 0.1) is 0 Å². The van der Waals surface area contributed by atoms with E-state index in [4.69, 9.17) is 19.7 Å². The lowest BCUT2D eigenvalue weighted by atomic mass is 10.2. The first kappa shape index (κ1) is 16.9. The van der Waals surface area contributed by atoms with Crippen LogP contribution in [0.1, 0.15) is 19.8 Å². The maximum atomic E-state index is 10.9. The number of hydrogen-bond donors (Lipinski definition) is 0. The average Bonchev–Trinajstić information content (AvgIpc) is 2.39. The normalized spacial score (nSPS) is 10.1. The van der Waals surface area contributed by atoms with E-state index in [-0.39, 0.29) is 5.78 Å². The third kappa shape index (κ3) is 12.9. The van der Waals surface area contributed by atoms with Crippen molar-refractivity contribution in [3.8, 4) is 0 Å². The van der Waals surface area contributed by atoms with Crippen LogP contribution in [0.15, 0.2) is 5.11 Å². The molecule has 18 heavy (non-hydrogen) atoms. The van der Waals surface area contributed by atoms with E-state index < -0.39 is 0 Å². The van der Waals surface area contributed by atoms with Crippen molar-refractivity contribution in [2.24, 2.45) is 5.11 Å². The quantitative estimate of drug-likeness (QED) is 0.218. The van der Waals surface area contributed by atoms with Crippen LogP contribution in [0.3, 0.4) is 0 Å². The molecule has 0 aliphatic carbocycles. The Bertz CT molecular complexity index is 255. The van der Waals surface area contributed by atoms with Crippen LogP contribution in [0.5, 0.6) is 0 Å². The lowest BCUT2D eigenvalue weighted by Gasteiger charge is -2.05. The molecule has 0 fully saturated rings. The fraction of sp³-hybridized carbons (Fsp3) is 0.909. The van der Waals surface area contributed by atoms with Gasteiger partial charge in [-0.3, -0.25) is 4.79 Å². The van der Waals surface area contributed by atoms with E-state index >= 15 is 0 Å². The van der Waals surface area contributed by atoms with Gasteiger partial charge in [-0.05, 0) is 5.53 Å². The van der Waals surface area contributed by atoms with Crippen molar-refractivity contribution in [3.05, 3.63) is 10.4 Å². The van der Waals surface area contributed by atoms with Gasteiger partial charge in [0.2, 0.25) is 0 Å². The van der Waals surface area contributed by atoms with Gasteiger partial charge in [-0.25, -0.2) is 0 Å². The molecular formula is C11H21N3O4. The topological polar surface area (TPSA) is 93.5 Å².